The van der Waals surface area contributed by atoms with Gasteiger partial charge >= 0.3 is 0 Å². The summed E-state index contributed by atoms with van der Waals surface area (Å²) >= 11 is 11.0. The fourth-order valence-corrected chi connectivity index (χ4v) is 3.81. The first-order chi connectivity index (χ1) is 8.88. The van der Waals surface area contributed by atoms with Crippen molar-refractivity contribution < 1.29 is 8.42 Å². The Bertz CT molecular complexity index is 709. The predicted molar refractivity (Wildman–Crippen MR) is 84.7 cm³/mol. The summed E-state index contributed by atoms with van der Waals surface area (Å²) in [5.74, 6) is 0. The van der Waals surface area contributed by atoms with E-state index in [4.69, 9.17) is 11.6 Å². The third-order valence-electron chi connectivity index (χ3n) is 2.08. The van der Waals surface area contributed by atoms with Crippen LogP contribution in [0.3, 0.4) is 0 Å². The van der Waals surface area contributed by atoms with Crippen molar-refractivity contribution in [3.63, 3.8) is 0 Å². The second-order valence-corrected chi connectivity index (χ2v) is 7.54. The molecule has 0 radical (unpaired) electrons. The molecule has 0 aliphatic heterocycles. The number of nitrogens with zero attached hydrogens (tertiary/aromatic N) is 2. The van der Waals surface area contributed by atoms with Gasteiger partial charge in [-0.05, 0) is 68.3 Å². The summed E-state index contributed by atoms with van der Waals surface area (Å²) in [7, 11) is -3.73. The number of nitrogens with one attached hydrogen (secondary N) is 1. The molecule has 1 N–H and O–H groups in total. The Hall–Kier alpha value is -0.450. The fourth-order valence-electron chi connectivity index (χ4n) is 1.22. The Kier molecular flexibility index (Phi) is 4.64. The van der Waals surface area contributed by atoms with E-state index in [9.17, 15) is 8.42 Å². The minimum Gasteiger partial charge on any atom is -0.278 e. The van der Waals surface area contributed by atoms with Crippen molar-refractivity contribution in [3.05, 3.63) is 43.9 Å². The van der Waals surface area contributed by atoms with Crippen LogP contribution in [-0.2, 0) is 10.0 Å². The van der Waals surface area contributed by atoms with Gasteiger partial charge in [-0.2, -0.15) is 0 Å². The van der Waals surface area contributed by atoms with E-state index >= 15 is 0 Å². The van der Waals surface area contributed by atoms with Crippen molar-refractivity contribution in [1.82, 2.24) is 9.97 Å². The average molecular weight is 475 g/mol. The molecule has 1 aromatic carbocycles. The van der Waals surface area contributed by atoms with E-state index in [0.717, 1.165) is 16.0 Å². The van der Waals surface area contributed by atoms with Crippen LogP contribution in [0.15, 0.2) is 40.0 Å². The molecule has 19 heavy (non-hydrogen) atoms. The van der Waals surface area contributed by atoms with Gasteiger partial charge in [-0.3, -0.25) is 4.72 Å². The lowest BCUT2D eigenvalue weighted by Gasteiger charge is -2.09. The molecule has 1 aromatic heterocycles. The molecule has 0 spiro atoms. The van der Waals surface area contributed by atoms with E-state index in [2.05, 4.69) is 53.2 Å². The number of benzene rings is 1. The number of anilines is 1. The molecule has 9 heteroatoms. The van der Waals surface area contributed by atoms with Gasteiger partial charge < -0.3 is 0 Å². The number of halogens is 3. The van der Waals surface area contributed by atoms with Gasteiger partial charge in [-0.25, -0.2) is 18.4 Å². The monoisotopic (exact) mass is 473 g/mol. The Labute approximate surface area is 137 Å². The normalized spacial score (nSPS) is 11.3. The second-order valence-electron chi connectivity index (χ2n) is 3.42. The molecule has 100 valence electrons. The highest BCUT2D eigenvalue weighted by atomic mass is 127. The second kappa shape index (κ2) is 5.90. The molecular weight excluding hydrogens is 468 g/mol. The van der Waals surface area contributed by atoms with Gasteiger partial charge in [0.1, 0.15) is 4.90 Å². The Morgan fingerprint density at radius 1 is 1.26 bits per heavy atom. The van der Waals surface area contributed by atoms with Crippen molar-refractivity contribution in [3.8, 4) is 0 Å². The number of rotatable bonds is 3. The van der Waals surface area contributed by atoms with Crippen molar-refractivity contribution in [2.24, 2.45) is 0 Å². The van der Waals surface area contributed by atoms with Crippen molar-refractivity contribution >= 4 is 65.8 Å². The van der Waals surface area contributed by atoms with Gasteiger partial charge in [0.05, 0.1) is 18.1 Å². The number of hydrogen-bond acceptors (Lipinski definition) is 4. The highest BCUT2D eigenvalue weighted by Crippen LogP contribution is 2.26. The van der Waals surface area contributed by atoms with Gasteiger partial charge in [0, 0.05) is 8.04 Å². The highest BCUT2D eigenvalue weighted by Gasteiger charge is 2.16. The number of hydrogen-bond donors (Lipinski definition) is 1. The third kappa shape index (κ3) is 3.77. The molecule has 1 heterocycles. The van der Waals surface area contributed by atoms with Gasteiger partial charge in [0.2, 0.25) is 5.28 Å². The molecule has 0 fully saturated rings. The van der Waals surface area contributed by atoms with Crippen LogP contribution in [0, 0.1) is 3.57 Å². The maximum absolute atomic E-state index is 12.1. The molecule has 2 aromatic rings. The lowest BCUT2D eigenvalue weighted by atomic mass is 10.3. The summed E-state index contributed by atoms with van der Waals surface area (Å²) < 4.78 is 28.3. The van der Waals surface area contributed by atoms with Crippen LogP contribution in [0.1, 0.15) is 0 Å². The minimum atomic E-state index is -3.73. The Morgan fingerprint density at radius 2 is 1.89 bits per heavy atom. The van der Waals surface area contributed by atoms with Crippen molar-refractivity contribution in [1.29, 1.82) is 0 Å². The highest BCUT2D eigenvalue weighted by molar-refractivity contribution is 14.1. The molecule has 0 aliphatic rings. The standard InChI is InChI=1S/C10H6BrClIN3O2S/c11-8-3-6(13)1-2-9(8)16-19(17,18)7-4-14-10(12)15-5-7/h1-5,16H. The van der Waals surface area contributed by atoms with E-state index < -0.39 is 10.0 Å². The van der Waals surface area contributed by atoms with Gasteiger partial charge in [-0.15, -0.1) is 0 Å². The zero-order valence-corrected chi connectivity index (χ0v) is 14.5. The molecule has 0 atom stereocenters. The lowest BCUT2D eigenvalue weighted by molar-refractivity contribution is 0.600. The van der Waals surface area contributed by atoms with Crippen molar-refractivity contribution in [2.75, 3.05) is 4.72 Å². The van der Waals surface area contributed by atoms with Crippen LogP contribution < -0.4 is 4.72 Å². The van der Waals surface area contributed by atoms with Crippen molar-refractivity contribution in [2.45, 2.75) is 4.90 Å². The van der Waals surface area contributed by atoms with E-state index in [1.165, 1.54) is 0 Å². The summed E-state index contributed by atoms with van der Waals surface area (Å²) in [6.45, 7) is 0. The smallest absolute Gasteiger partial charge is 0.265 e. The molecule has 0 aliphatic carbocycles. The summed E-state index contributed by atoms with van der Waals surface area (Å²) in [6, 6.07) is 5.26. The number of sulfonamides is 1. The van der Waals surface area contributed by atoms with E-state index in [0.29, 0.717) is 10.2 Å². The molecule has 2 rings (SSSR count). The zero-order valence-electron chi connectivity index (χ0n) is 9.14. The Balaban J connectivity index is 2.33. The fraction of sp³-hybridized carbons (Fsp3) is 0. The minimum absolute atomic E-state index is 0.00519. The van der Waals surface area contributed by atoms with Crippen LogP contribution in [0.25, 0.3) is 0 Å². The first kappa shape index (κ1) is 14.9. The SMILES string of the molecule is O=S(=O)(Nc1ccc(I)cc1Br)c1cnc(Cl)nc1. The van der Waals surface area contributed by atoms with Crippen LogP contribution in [0.5, 0.6) is 0 Å². The zero-order chi connectivity index (χ0) is 14.0. The molecule has 0 unspecified atom stereocenters. The summed E-state index contributed by atoms with van der Waals surface area (Å²) in [4.78, 5) is 7.24. The summed E-state index contributed by atoms with van der Waals surface area (Å²) in [5.41, 5.74) is 0.440. The van der Waals surface area contributed by atoms with Crippen LogP contribution in [0.2, 0.25) is 5.28 Å². The maximum Gasteiger partial charge on any atom is 0.265 e. The van der Waals surface area contributed by atoms with Gasteiger partial charge in [0.15, 0.2) is 0 Å². The molecule has 0 amide bonds. The third-order valence-corrected chi connectivity index (χ3v) is 4.92. The Morgan fingerprint density at radius 3 is 2.47 bits per heavy atom. The van der Waals surface area contributed by atoms with E-state index in [1.807, 2.05) is 0 Å². The van der Waals surface area contributed by atoms with Crippen LogP contribution in [0.4, 0.5) is 5.69 Å². The van der Waals surface area contributed by atoms with E-state index in [-0.39, 0.29) is 10.2 Å². The quantitative estimate of drug-likeness (QED) is 0.548. The molecule has 5 nitrogen and oxygen atoms in total. The van der Waals surface area contributed by atoms with Gasteiger partial charge in [-0.1, -0.05) is 0 Å². The molecule has 0 bridgehead atoms. The first-order valence-electron chi connectivity index (χ1n) is 4.84. The molecular formula is C10H6BrClIN3O2S. The molecule has 0 saturated heterocycles. The summed E-state index contributed by atoms with van der Waals surface area (Å²) in [6.07, 6.45) is 2.30. The van der Waals surface area contributed by atoms with Crippen LogP contribution >= 0.6 is 50.1 Å². The van der Waals surface area contributed by atoms with E-state index in [1.54, 1.807) is 18.2 Å². The largest absolute Gasteiger partial charge is 0.278 e. The lowest BCUT2D eigenvalue weighted by Crippen LogP contribution is -2.14. The number of aromatic nitrogens is 2. The van der Waals surface area contributed by atoms with Crippen LogP contribution in [-0.4, -0.2) is 18.4 Å². The topological polar surface area (TPSA) is 72.0 Å². The average Bonchev–Trinajstić information content (AvgIpc) is 2.33. The van der Waals surface area contributed by atoms with Gasteiger partial charge in [0.25, 0.3) is 10.0 Å². The molecule has 0 saturated carbocycles. The summed E-state index contributed by atoms with van der Waals surface area (Å²) in [5, 5.41) is -0.00519. The first-order valence-corrected chi connectivity index (χ1v) is 8.57. The predicted octanol–water partition coefficient (Wildman–Crippen LogP) is 3.30. The maximum atomic E-state index is 12.1.